The second-order valence-electron chi connectivity index (χ2n) is 8.05. The number of hydrogen-bond donors (Lipinski definition) is 0. The zero-order chi connectivity index (χ0) is 20.3. The molecule has 0 aromatic heterocycles. The number of benzene rings is 1. The third kappa shape index (κ3) is 4.04. The molecule has 3 heterocycles. The summed E-state index contributed by atoms with van der Waals surface area (Å²) in [5.41, 5.74) is 0.723. The van der Waals surface area contributed by atoms with Gasteiger partial charge < -0.3 is 28.4 Å². The topological polar surface area (TPSA) is 55.4 Å². The minimum Gasteiger partial charge on any atom is -0.368 e. The predicted octanol–water partition coefficient (Wildman–Crippen LogP) is 4.56. The van der Waals surface area contributed by atoms with E-state index in [2.05, 4.69) is 0 Å². The number of hydrogen-bond acceptors (Lipinski definition) is 6. The molecule has 9 heteroatoms. The Bertz CT molecular complexity index is 755. The van der Waals surface area contributed by atoms with E-state index in [4.69, 9.17) is 63.2 Å². The minimum atomic E-state index is -0.755. The molecule has 3 fully saturated rings. The van der Waals surface area contributed by atoms with Crippen LogP contribution in [0.15, 0.2) is 12.1 Å². The first-order chi connectivity index (χ1) is 13.1. The van der Waals surface area contributed by atoms with Gasteiger partial charge in [0.2, 0.25) is 0 Å². The SMILES string of the molecule is CC1(C)O[C@H]2O[C@H]([C@H]3COC(C)(C)O3)[C@H](OCc3ccc(Cl)c(Cl)c3Cl)[C@H]2O1. The van der Waals surface area contributed by atoms with Crippen LogP contribution in [0.1, 0.15) is 33.3 Å². The maximum Gasteiger partial charge on any atom is 0.190 e. The van der Waals surface area contributed by atoms with Crippen molar-refractivity contribution in [1.29, 1.82) is 0 Å². The van der Waals surface area contributed by atoms with Crippen LogP contribution < -0.4 is 0 Å². The maximum atomic E-state index is 6.31. The highest BCUT2D eigenvalue weighted by Crippen LogP contribution is 2.42. The number of ether oxygens (including phenoxy) is 6. The molecule has 0 saturated carbocycles. The van der Waals surface area contributed by atoms with Gasteiger partial charge in [-0.1, -0.05) is 40.9 Å². The number of fused-ring (bicyclic) bond motifs is 1. The lowest BCUT2D eigenvalue weighted by atomic mass is 10.1. The van der Waals surface area contributed by atoms with E-state index in [9.17, 15) is 0 Å². The van der Waals surface area contributed by atoms with Crippen molar-refractivity contribution in [3.63, 3.8) is 0 Å². The van der Waals surface area contributed by atoms with Crippen molar-refractivity contribution in [2.45, 2.75) is 76.6 Å². The standard InChI is InChI=1S/C19H23Cl3O6/c1-18(2)24-8-11(26-18)14-15(16-17(25-14)28-19(3,4)27-16)23-7-9-5-6-10(20)13(22)12(9)21/h5-6,11,14-17H,7-8H2,1-4H3/t11-,14-,15+,16-,17-/m1/s1. The highest BCUT2D eigenvalue weighted by Gasteiger charge is 2.58. The zero-order valence-corrected chi connectivity index (χ0v) is 18.3. The van der Waals surface area contributed by atoms with Crippen molar-refractivity contribution >= 4 is 34.8 Å². The Hall–Kier alpha value is -0.150. The molecular weight excluding hydrogens is 431 g/mol. The van der Waals surface area contributed by atoms with E-state index < -0.39 is 36.2 Å². The van der Waals surface area contributed by atoms with E-state index in [1.165, 1.54) is 0 Å². The third-order valence-electron chi connectivity index (χ3n) is 4.97. The van der Waals surface area contributed by atoms with E-state index >= 15 is 0 Å². The summed E-state index contributed by atoms with van der Waals surface area (Å²) in [6, 6.07) is 3.47. The van der Waals surface area contributed by atoms with Gasteiger partial charge in [0.25, 0.3) is 0 Å². The molecule has 0 aliphatic carbocycles. The Kier molecular flexibility index (Phi) is 5.66. The summed E-state index contributed by atoms with van der Waals surface area (Å²) in [6.45, 7) is 8.02. The van der Waals surface area contributed by atoms with Crippen molar-refractivity contribution in [2.75, 3.05) is 6.61 Å². The number of rotatable bonds is 4. The second-order valence-corrected chi connectivity index (χ2v) is 9.21. The van der Waals surface area contributed by atoms with Gasteiger partial charge in [-0.25, -0.2) is 0 Å². The Morgan fingerprint density at radius 3 is 2.39 bits per heavy atom. The van der Waals surface area contributed by atoms with Gasteiger partial charge in [0.05, 0.1) is 28.3 Å². The summed E-state index contributed by atoms with van der Waals surface area (Å²) < 4.78 is 35.9. The molecule has 5 atom stereocenters. The molecule has 28 heavy (non-hydrogen) atoms. The smallest absolute Gasteiger partial charge is 0.190 e. The summed E-state index contributed by atoms with van der Waals surface area (Å²) in [4.78, 5) is 0. The Labute approximate surface area is 179 Å². The van der Waals surface area contributed by atoms with Gasteiger partial charge in [-0.3, -0.25) is 0 Å². The molecule has 0 unspecified atom stereocenters. The molecule has 0 N–H and O–H groups in total. The van der Waals surface area contributed by atoms with Crippen molar-refractivity contribution in [3.05, 3.63) is 32.8 Å². The first-order valence-corrected chi connectivity index (χ1v) is 10.3. The van der Waals surface area contributed by atoms with E-state index in [-0.39, 0.29) is 12.7 Å². The first-order valence-electron chi connectivity index (χ1n) is 9.13. The van der Waals surface area contributed by atoms with Crippen LogP contribution >= 0.6 is 34.8 Å². The van der Waals surface area contributed by atoms with Crippen LogP contribution in [0.2, 0.25) is 15.1 Å². The van der Waals surface area contributed by atoms with E-state index in [0.717, 1.165) is 5.56 Å². The van der Waals surface area contributed by atoms with Gasteiger partial charge in [-0.05, 0) is 39.3 Å². The van der Waals surface area contributed by atoms with Crippen molar-refractivity contribution in [2.24, 2.45) is 0 Å². The highest BCUT2D eigenvalue weighted by atomic mass is 35.5. The lowest BCUT2D eigenvalue weighted by molar-refractivity contribution is -0.236. The van der Waals surface area contributed by atoms with Crippen LogP contribution in [0.3, 0.4) is 0 Å². The van der Waals surface area contributed by atoms with Crippen LogP contribution in [0, 0.1) is 0 Å². The average molecular weight is 454 g/mol. The zero-order valence-electron chi connectivity index (χ0n) is 16.0. The molecule has 3 saturated heterocycles. The van der Waals surface area contributed by atoms with Gasteiger partial charge in [0, 0.05) is 0 Å². The van der Waals surface area contributed by atoms with Gasteiger partial charge in [0.15, 0.2) is 17.9 Å². The molecule has 3 aliphatic heterocycles. The lowest BCUT2D eigenvalue weighted by Gasteiger charge is -2.29. The lowest BCUT2D eigenvalue weighted by Crippen LogP contribution is -2.44. The van der Waals surface area contributed by atoms with E-state index in [0.29, 0.717) is 21.7 Å². The van der Waals surface area contributed by atoms with Crippen molar-refractivity contribution < 1.29 is 28.4 Å². The van der Waals surface area contributed by atoms with Gasteiger partial charge in [-0.2, -0.15) is 0 Å². The van der Waals surface area contributed by atoms with Crippen LogP contribution in [0.4, 0.5) is 0 Å². The van der Waals surface area contributed by atoms with E-state index in [1.54, 1.807) is 12.1 Å². The largest absolute Gasteiger partial charge is 0.368 e. The molecule has 0 amide bonds. The van der Waals surface area contributed by atoms with Crippen LogP contribution in [0.5, 0.6) is 0 Å². The fraction of sp³-hybridized carbons (Fsp3) is 0.684. The Balaban J connectivity index is 1.53. The third-order valence-corrected chi connectivity index (χ3v) is 6.30. The number of halogens is 3. The van der Waals surface area contributed by atoms with Gasteiger partial charge in [-0.15, -0.1) is 0 Å². The predicted molar refractivity (Wildman–Crippen MR) is 104 cm³/mol. The quantitative estimate of drug-likeness (QED) is 0.623. The molecule has 156 valence electrons. The summed E-state index contributed by atoms with van der Waals surface area (Å²) in [6.07, 6.45) is -2.07. The van der Waals surface area contributed by atoms with Crippen molar-refractivity contribution in [1.82, 2.24) is 0 Å². The van der Waals surface area contributed by atoms with Crippen LogP contribution in [0.25, 0.3) is 0 Å². The highest BCUT2D eigenvalue weighted by molar-refractivity contribution is 6.48. The molecule has 0 radical (unpaired) electrons. The molecule has 4 rings (SSSR count). The molecular formula is C19H23Cl3O6. The molecule has 6 nitrogen and oxygen atoms in total. The summed E-state index contributed by atoms with van der Waals surface area (Å²) in [5.74, 6) is -1.43. The first kappa shape index (κ1) is 21.1. The van der Waals surface area contributed by atoms with Crippen LogP contribution in [-0.2, 0) is 35.0 Å². The van der Waals surface area contributed by atoms with E-state index in [1.807, 2.05) is 27.7 Å². The second kappa shape index (κ2) is 7.52. The Morgan fingerprint density at radius 1 is 0.964 bits per heavy atom. The minimum absolute atomic E-state index is 0.213. The van der Waals surface area contributed by atoms with Crippen LogP contribution in [-0.4, -0.2) is 48.9 Å². The fourth-order valence-electron chi connectivity index (χ4n) is 3.73. The molecule has 3 aliphatic rings. The average Bonchev–Trinajstić information content (AvgIpc) is 3.21. The maximum absolute atomic E-state index is 6.31. The molecule has 1 aromatic carbocycles. The fourth-order valence-corrected chi connectivity index (χ4v) is 4.34. The monoisotopic (exact) mass is 452 g/mol. The molecule has 1 aromatic rings. The molecule has 0 spiro atoms. The van der Waals surface area contributed by atoms with Crippen molar-refractivity contribution in [3.8, 4) is 0 Å². The molecule has 0 bridgehead atoms. The summed E-state index contributed by atoms with van der Waals surface area (Å²) in [5, 5.41) is 1.06. The van der Waals surface area contributed by atoms with Gasteiger partial charge in [0.1, 0.15) is 24.4 Å². The Morgan fingerprint density at radius 2 is 1.71 bits per heavy atom. The normalized spacial score (nSPS) is 36.0. The summed E-state index contributed by atoms with van der Waals surface area (Å²) in [7, 11) is 0. The summed E-state index contributed by atoms with van der Waals surface area (Å²) >= 11 is 18.5. The van der Waals surface area contributed by atoms with Gasteiger partial charge >= 0.3 is 0 Å².